The van der Waals surface area contributed by atoms with Crippen molar-refractivity contribution in [3.8, 4) is 0 Å². The molecule has 0 radical (unpaired) electrons. The highest BCUT2D eigenvalue weighted by atomic mass is 32.2. The van der Waals surface area contributed by atoms with Crippen LogP contribution in [0.1, 0.15) is 42.0 Å². The summed E-state index contributed by atoms with van der Waals surface area (Å²) in [5, 5.41) is 15.8. The molecule has 33 heavy (non-hydrogen) atoms. The second-order valence-corrected chi connectivity index (χ2v) is 10.2. The zero-order chi connectivity index (χ0) is 25.0. The van der Waals surface area contributed by atoms with Crippen LogP contribution in [0.2, 0.25) is 0 Å². The van der Waals surface area contributed by atoms with Gasteiger partial charge < -0.3 is 30.0 Å². The first-order valence-corrected chi connectivity index (χ1v) is 12.3. The molecule has 188 valence electrons. The first kappa shape index (κ1) is 27.0. The maximum absolute atomic E-state index is 13.3. The van der Waals surface area contributed by atoms with Crippen molar-refractivity contribution in [2.24, 2.45) is 17.8 Å². The molecule has 2 fully saturated rings. The van der Waals surface area contributed by atoms with Crippen LogP contribution in [0.5, 0.6) is 0 Å². The van der Waals surface area contributed by atoms with Crippen LogP contribution in [0, 0.1) is 17.8 Å². The third-order valence-electron chi connectivity index (χ3n) is 5.70. The first-order valence-electron chi connectivity index (χ1n) is 10.9. The van der Waals surface area contributed by atoms with Gasteiger partial charge in [0, 0.05) is 19.7 Å². The average molecular weight is 489 g/mol. The Bertz CT molecular complexity index is 789. The van der Waals surface area contributed by atoms with Gasteiger partial charge in [0.15, 0.2) is 0 Å². The third kappa shape index (κ3) is 6.20. The van der Waals surface area contributed by atoms with Gasteiger partial charge in [-0.3, -0.25) is 9.59 Å². The van der Waals surface area contributed by atoms with Crippen molar-refractivity contribution < 1.29 is 39.9 Å². The molecule has 0 heterocycles. The third-order valence-corrected chi connectivity index (χ3v) is 6.34. The van der Waals surface area contributed by atoms with Gasteiger partial charge in [-0.25, -0.2) is 9.59 Å². The van der Waals surface area contributed by atoms with E-state index in [9.17, 15) is 24.3 Å². The maximum atomic E-state index is 13.3. The molecule has 2 rings (SSSR count). The molecule has 2 saturated carbocycles. The Labute approximate surface area is 199 Å². The minimum atomic E-state index is -1.62. The van der Waals surface area contributed by atoms with Crippen molar-refractivity contribution in [2.75, 3.05) is 18.6 Å². The smallest absolute Gasteiger partial charge is 0.408 e. The van der Waals surface area contributed by atoms with Gasteiger partial charge in [-0.05, 0) is 46.1 Å². The fourth-order valence-corrected chi connectivity index (χ4v) is 4.91. The summed E-state index contributed by atoms with van der Waals surface area (Å²) < 4.78 is 15.3. The van der Waals surface area contributed by atoms with Gasteiger partial charge in [0.1, 0.15) is 17.2 Å². The molecule has 2 aliphatic carbocycles. The number of amides is 2. The van der Waals surface area contributed by atoms with E-state index in [1.165, 1.54) is 11.8 Å². The number of aliphatic hydroxyl groups is 1. The average Bonchev–Trinajstić information content (AvgIpc) is 3.39. The molecule has 0 aromatic rings. The topological polar surface area (TPSA) is 140 Å². The minimum absolute atomic E-state index is 0. The minimum Gasteiger partial charge on any atom is -0.464 e. The summed E-state index contributed by atoms with van der Waals surface area (Å²) in [6, 6.07) is -0.993. The molecule has 6 atom stereocenters. The first-order chi connectivity index (χ1) is 15.4. The monoisotopic (exact) mass is 488 g/mol. The lowest BCUT2D eigenvalue weighted by Gasteiger charge is -2.33. The number of ether oxygens (including phenoxy) is 3. The summed E-state index contributed by atoms with van der Waals surface area (Å²) in [5.41, 5.74) is -2.37. The number of carbonyl (C=O) groups excluding carboxylic acids is 4. The van der Waals surface area contributed by atoms with Gasteiger partial charge in [-0.15, -0.1) is 0 Å². The fraction of sp³-hybridized carbons (Fsp3) is 0.727. The van der Waals surface area contributed by atoms with Crippen molar-refractivity contribution in [2.45, 2.75) is 63.8 Å². The van der Waals surface area contributed by atoms with E-state index >= 15 is 0 Å². The highest BCUT2D eigenvalue weighted by Gasteiger charge is 2.76. The number of rotatable bonds is 10. The van der Waals surface area contributed by atoms with Crippen LogP contribution in [0.4, 0.5) is 4.79 Å². The molecule has 0 bridgehead atoms. The Balaban J connectivity index is 0.00000578. The molecule has 0 spiro atoms. The van der Waals surface area contributed by atoms with Crippen LogP contribution in [0.15, 0.2) is 12.8 Å². The lowest BCUT2D eigenvalue weighted by molar-refractivity contribution is -0.156. The number of thioether (sulfide) groups is 1. The van der Waals surface area contributed by atoms with E-state index in [1.54, 1.807) is 27.7 Å². The maximum Gasteiger partial charge on any atom is 0.408 e. The summed E-state index contributed by atoms with van der Waals surface area (Å²) in [6.45, 7) is 10.1. The van der Waals surface area contributed by atoms with E-state index in [0.717, 1.165) is 6.26 Å². The quantitative estimate of drug-likeness (QED) is 0.238. The van der Waals surface area contributed by atoms with Gasteiger partial charge >= 0.3 is 18.0 Å². The molecular weight excluding hydrogens is 452 g/mol. The molecule has 0 saturated heterocycles. The van der Waals surface area contributed by atoms with E-state index < -0.39 is 65.0 Å². The fourth-order valence-electron chi connectivity index (χ4n) is 4.44. The van der Waals surface area contributed by atoms with Crippen LogP contribution >= 0.6 is 11.8 Å². The van der Waals surface area contributed by atoms with E-state index in [0.29, 0.717) is 5.75 Å². The van der Waals surface area contributed by atoms with Crippen molar-refractivity contribution in [3.63, 3.8) is 0 Å². The van der Waals surface area contributed by atoms with E-state index in [1.807, 2.05) is 6.26 Å². The summed E-state index contributed by atoms with van der Waals surface area (Å²) >= 11 is 1.49. The van der Waals surface area contributed by atoms with Crippen molar-refractivity contribution in [1.29, 1.82) is 0 Å². The lowest BCUT2D eigenvalue weighted by Crippen LogP contribution is -2.61. The predicted octanol–water partition coefficient (Wildman–Crippen LogP) is 1.61. The Kier molecular flexibility index (Phi) is 8.81. The molecule has 0 unspecified atom stereocenters. The zero-order valence-electron chi connectivity index (χ0n) is 19.7. The van der Waals surface area contributed by atoms with Crippen molar-refractivity contribution in [1.82, 2.24) is 10.6 Å². The summed E-state index contributed by atoms with van der Waals surface area (Å²) in [7, 11) is 0. The molecule has 11 heteroatoms. The SMILES string of the molecule is C=COC(=O)[C@H]1[C@H]2[C@@H]1[C@@](NC(=O)[C@H](CCSC)NC(=O)OC(C)(C)C)(C(=O)OCC)C[C@@H]2O.[HH]. The van der Waals surface area contributed by atoms with Gasteiger partial charge in [0.25, 0.3) is 0 Å². The van der Waals surface area contributed by atoms with Gasteiger partial charge in [-0.1, -0.05) is 6.58 Å². The van der Waals surface area contributed by atoms with Crippen LogP contribution in [-0.4, -0.2) is 70.9 Å². The van der Waals surface area contributed by atoms with Crippen LogP contribution in [0.3, 0.4) is 0 Å². The van der Waals surface area contributed by atoms with Crippen LogP contribution < -0.4 is 10.6 Å². The number of carbonyl (C=O) groups is 4. The van der Waals surface area contributed by atoms with Gasteiger partial charge in [-0.2, -0.15) is 11.8 Å². The molecule has 2 aliphatic rings. The molecule has 0 aliphatic heterocycles. The standard InChI is InChI=1S/C22H34N2O8S.H2/c1-7-30-18(27)15-14-13(25)11-22(16(14)15,19(28)31-8-2)24-17(26)12(9-10-33-6)23-20(29)32-21(3,4)5;/h7,12-16,25H,1,8-11H2,2-6H3,(H,23,29)(H,24,26);1H/t12-,13-,14-,15-,16-,22+;/m0./s1. The largest absolute Gasteiger partial charge is 0.464 e. The molecule has 10 nitrogen and oxygen atoms in total. The molecule has 2 amide bonds. The highest BCUT2D eigenvalue weighted by Crippen LogP contribution is 2.63. The summed E-state index contributed by atoms with van der Waals surface area (Å²) in [4.78, 5) is 50.9. The van der Waals surface area contributed by atoms with Crippen LogP contribution in [0.25, 0.3) is 0 Å². The van der Waals surface area contributed by atoms with Crippen LogP contribution in [-0.2, 0) is 28.6 Å². The van der Waals surface area contributed by atoms with E-state index in [-0.39, 0.29) is 20.9 Å². The van der Waals surface area contributed by atoms with Gasteiger partial charge in [0.05, 0.1) is 24.9 Å². The molecule has 3 N–H and O–H groups in total. The highest BCUT2D eigenvalue weighted by molar-refractivity contribution is 7.98. The number of hydrogen-bond acceptors (Lipinski definition) is 9. The number of alkyl carbamates (subject to hydrolysis) is 1. The number of aliphatic hydroxyl groups excluding tert-OH is 1. The number of hydrogen-bond donors (Lipinski definition) is 3. The zero-order valence-corrected chi connectivity index (χ0v) is 20.5. The lowest BCUT2D eigenvalue weighted by atomic mass is 9.88. The number of fused-ring (bicyclic) bond motifs is 1. The Morgan fingerprint density at radius 2 is 2.00 bits per heavy atom. The summed E-state index contributed by atoms with van der Waals surface area (Å²) in [5.74, 6) is -3.45. The summed E-state index contributed by atoms with van der Waals surface area (Å²) in [6.07, 6.45) is 1.25. The second kappa shape index (κ2) is 10.8. The predicted molar refractivity (Wildman–Crippen MR) is 123 cm³/mol. The Morgan fingerprint density at radius 3 is 2.55 bits per heavy atom. The Hall–Kier alpha value is -2.27. The van der Waals surface area contributed by atoms with E-state index in [4.69, 9.17) is 14.2 Å². The van der Waals surface area contributed by atoms with Gasteiger partial charge in [0.2, 0.25) is 5.91 Å². The number of esters is 2. The molecule has 0 aromatic carbocycles. The molecule has 0 aromatic heterocycles. The van der Waals surface area contributed by atoms with Crippen molar-refractivity contribution >= 4 is 35.7 Å². The van der Waals surface area contributed by atoms with Crippen molar-refractivity contribution in [3.05, 3.63) is 12.8 Å². The number of nitrogens with one attached hydrogen (secondary N) is 2. The molecular formula is C22H36N2O8S. The Morgan fingerprint density at radius 1 is 1.33 bits per heavy atom. The normalized spacial score (nSPS) is 28.7. The van der Waals surface area contributed by atoms with E-state index in [2.05, 4.69) is 17.2 Å². The second-order valence-electron chi connectivity index (χ2n) is 9.17.